The van der Waals surface area contributed by atoms with Gasteiger partial charge in [0.15, 0.2) is 0 Å². The van der Waals surface area contributed by atoms with E-state index in [0.29, 0.717) is 11.6 Å². The predicted molar refractivity (Wildman–Crippen MR) is 67.0 cm³/mol. The smallest absolute Gasteiger partial charge is 0.128 e. The van der Waals surface area contributed by atoms with Gasteiger partial charge in [0.05, 0.1) is 11.6 Å². The topological polar surface area (TPSA) is 57.7 Å². The highest BCUT2D eigenvalue weighted by atomic mass is 15.3. The second-order valence-electron chi connectivity index (χ2n) is 4.39. The SMILES string of the molecule is N#Cc1ccc(N2CCC(n3cccn3)C2)nc1. The molecule has 1 aliphatic heterocycles. The third-order valence-electron chi connectivity index (χ3n) is 3.26. The van der Waals surface area contributed by atoms with Gasteiger partial charge in [0.1, 0.15) is 11.9 Å². The Hall–Kier alpha value is -2.35. The number of anilines is 1. The van der Waals surface area contributed by atoms with Gasteiger partial charge in [-0.15, -0.1) is 0 Å². The molecule has 3 rings (SSSR count). The monoisotopic (exact) mass is 239 g/mol. The number of nitrogens with zero attached hydrogens (tertiary/aromatic N) is 5. The zero-order valence-electron chi connectivity index (χ0n) is 9.90. The minimum atomic E-state index is 0.414. The van der Waals surface area contributed by atoms with Crippen molar-refractivity contribution in [3.05, 3.63) is 42.4 Å². The fourth-order valence-electron chi connectivity index (χ4n) is 2.30. The van der Waals surface area contributed by atoms with Crippen LogP contribution in [-0.4, -0.2) is 27.9 Å². The molecule has 5 nitrogen and oxygen atoms in total. The van der Waals surface area contributed by atoms with E-state index in [1.807, 2.05) is 35.3 Å². The van der Waals surface area contributed by atoms with Crippen LogP contribution in [0.15, 0.2) is 36.8 Å². The molecular formula is C13H13N5. The number of nitriles is 1. The van der Waals surface area contributed by atoms with Crippen molar-refractivity contribution in [2.75, 3.05) is 18.0 Å². The summed E-state index contributed by atoms with van der Waals surface area (Å²) in [7, 11) is 0. The summed E-state index contributed by atoms with van der Waals surface area (Å²) in [5.41, 5.74) is 0.599. The van der Waals surface area contributed by atoms with Crippen LogP contribution in [0.3, 0.4) is 0 Å². The van der Waals surface area contributed by atoms with Crippen LogP contribution < -0.4 is 4.90 Å². The molecule has 90 valence electrons. The maximum absolute atomic E-state index is 8.75. The van der Waals surface area contributed by atoms with E-state index in [4.69, 9.17) is 5.26 Å². The van der Waals surface area contributed by atoms with Gasteiger partial charge in [-0.05, 0) is 24.6 Å². The minimum Gasteiger partial charge on any atom is -0.354 e. The lowest BCUT2D eigenvalue weighted by atomic mass is 10.3. The van der Waals surface area contributed by atoms with Gasteiger partial charge in [-0.1, -0.05) is 0 Å². The van der Waals surface area contributed by atoms with Gasteiger partial charge in [0.25, 0.3) is 0 Å². The highest BCUT2D eigenvalue weighted by Crippen LogP contribution is 2.24. The molecular weight excluding hydrogens is 226 g/mol. The van der Waals surface area contributed by atoms with Crippen LogP contribution in [0.5, 0.6) is 0 Å². The first-order chi connectivity index (χ1) is 8.86. The number of hydrogen-bond donors (Lipinski definition) is 0. The van der Waals surface area contributed by atoms with Gasteiger partial charge >= 0.3 is 0 Å². The fourth-order valence-corrected chi connectivity index (χ4v) is 2.30. The minimum absolute atomic E-state index is 0.414. The van der Waals surface area contributed by atoms with Crippen LogP contribution in [0.1, 0.15) is 18.0 Å². The molecule has 0 radical (unpaired) electrons. The van der Waals surface area contributed by atoms with Crippen LogP contribution in [0.25, 0.3) is 0 Å². The third-order valence-corrected chi connectivity index (χ3v) is 3.26. The Kier molecular flexibility index (Phi) is 2.69. The van der Waals surface area contributed by atoms with Crippen LogP contribution in [0.4, 0.5) is 5.82 Å². The first kappa shape index (κ1) is 10.8. The molecule has 1 saturated heterocycles. The Balaban J connectivity index is 1.73. The van der Waals surface area contributed by atoms with Gasteiger partial charge < -0.3 is 4.90 Å². The van der Waals surface area contributed by atoms with E-state index < -0.39 is 0 Å². The van der Waals surface area contributed by atoms with E-state index in [9.17, 15) is 0 Å². The van der Waals surface area contributed by atoms with Crippen molar-refractivity contribution in [2.24, 2.45) is 0 Å². The summed E-state index contributed by atoms with van der Waals surface area (Å²) >= 11 is 0. The zero-order chi connectivity index (χ0) is 12.4. The van der Waals surface area contributed by atoms with Crippen LogP contribution in [0.2, 0.25) is 0 Å². The van der Waals surface area contributed by atoms with Crippen molar-refractivity contribution < 1.29 is 0 Å². The molecule has 0 amide bonds. The fraction of sp³-hybridized carbons (Fsp3) is 0.308. The standard InChI is InChI=1S/C13H13N5/c14-8-11-2-3-13(15-9-11)17-7-4-12(10-17)18-6-1-5-16-18/h1-3,5-6,9,12H,4,7,10H2. The van der Waals surface area contributed by atoms with Crippen LogP contribution >= 0.6 is 0 Å². The molecule has 18 heavy (non-hydrogen) atoms. The number of aromatic nitrogens is 3. The molecule has 0 spiro atoms. The summed E-state index contributed by atoms with van der Waals surface area (Å²) in [5.74, 6) is 0.934. The summed E-state index contributed by atoms with van der Waals surface area (Å²) in [4.78, 5) is 6.55. The van der Waals surface area contributed by atoms with Gasteiger partial charge in [-0.25, -0.2) is 4.98 Å². The van der Waals surface area contributed by atoms with Crippen molar-refractivity contribution in [1.29, 1.82) is 5.26 Å². The van der Waals surface area contributed by atoms with Crippen molar-refractivity contribution in [3.8, 4) is 6.07 Å². The molecule has 1 atom stereocenters. The summed E-state index contributed by atoms with van der Waals surface area (Å²) in [6.07, 6.45) is 6.50. The van der Waals surface area contributed by atoms with Crippen molar-refractivity contribution in [2.45, 2.75) is 12.5 Å². The van der Waals surface area contributed by atoms with E-state index >= 15 is 0 Å². The Labute approximate surface area is 105 Å². The highest BCUT2D eigenvalue weighted by molar-refractivity contribution is 5.42. The summed E-state index contributed by atoms with van der Waals surface area (Å²) in [6, 6.07) is 8.16. The maximum atomic E-state index is 8.75. The molecule has 0 bridgehead atoms. The van der Waals surface area contributed by atoms with Crippen LogP contribution in [-0.2, 0) is 0 Å². The van der Waals surface area contributed by atoms with Gasteiger partial charge in [-0.2, -0.15) is 10.4 Å². The lowest BCUT2D eigenvalue weighted by molar-refractivity contribution is 0.494. The molecule has 0 N–H and O–H groups in total. The first-order valence-electron chi connectivity index (χ1n) is 5.97. The molecule has 2 aromatic heterocycles. The largest absolute Gasteiger partial charge is 0.354 e. The Morgan fingerprint density at radius 3 is 3.00 bits per heavy atom. The van der Waals surface area contributed by atoms with E-state index in [1.54, 1.807) is 6.20 Å². The van der Waals surface area contributed by atoms with Crippen molar-refractivity contribution >= 4 is 5.82 Å². The summed E-state index contributed by atoms with van der Waals surface area (Å²) in [6.45, 7) is 1.89. The van der Waals surface area contributed by atoms with Crippen molar-refractivity contribution in [1.82, 2.24) is 14.8 Å². The Morgan fingerprint density at radius 2 is 2.33 bits per heavy atom. The van der Waals surface area contributed by atoms with Crippen molar-refractivity contribution in [3.63, 3.8) is 0 Å². The Morgan fingerprint density at radius 1 is 1.39 bits per heavy atom. The lowest BCUT2D eigenvalue weighted by Gasteiger charge is -2.17. The average molecular weight is 239 g/mol. The number of pyridine rings is 1. The number of hydrogen-bond acceptors (Lipinski definition) is 4. The van der Waals surface area contributed by atoms with Crippen LogP contribution in [0, 0.1) is 11.3 Å². The molecule has 3 heterocycles. The molecule has 1 aliphatic rings. The second-order valence-corrected chi connectivity index (χ2v) is 4.39. The molecule has 0 aliphatic carbocycles. The maximum Gasteiger partial charge on any atom is 0.128 e. The molecule has 0 aromatic carbocycles. The quantitative estimate of drug-likeness (QED) is 0.798. The third kappa shape index (κ3) is 1.93. The lowest BCUT2D eigenvalue weighted by Crippen LogP contribution is -2.21. The highest BCUT2D eigenvalue weighted by Gasteiger charge is 2.24. The summed E-state index contributed by atoms with van der Waals surface area (Å²) in [5, 5.41) is 13.0. The molecule has 5 heteroatoms. The van der Waals surface area contributed by atoms with E-state index in [2.05, 4.69) is 21.1 Å². The number of rotatable bonds is 2. The molecule has 2 aromatic rings. The molecule has 1 fully saturated rings. The summed E-state index contributed by atoms with van der Waals surface area (Å²) < 4.78 is 2.00. The second kappa shape index (κ2) is 4.49. The van der Waals surface area contributed by atoms with E-state index in [1.165, 1.54) is 0 Å². The van der Waals surface area contributed by atoms with E-state index in [0.717, 1.165) is 25.3 Å². The normalized spacial score (nSPS) is 18.8. The van der Waals surface area contributed by atoms with Gasteiger partial charge in [0, 0.05) is 31.7 Å². The predicted octanol–water partition coefficient (Wildman–Crippen LogP) is 1.60. The average Bonchev–Trinajstić information content (AvgIpc) is 3.09. The zero-order valence-corrected chi connectivity index (χ0v) is 9.90. The van der Waals surface area contributed by atoms with Gasteiger partial charge in [0.2, 0.25) is 0 Å². The van der Waals surface area contributed by atoms with Gasteiger partial charge in [-0.3, -0.25) is 4.68 Å². The molecule has 1 unspecified atom stereocenters. The molecule has 0 saturated carbocycles. The van der Waals surface area contributed by atoms with E-state index in [-0.39, 0.29) is 0 Å². The first-order valence-corrected chi connectivity index (χ1v) is 5.97. The Bertz CT molecular complexity index is 552.